The van der Waals surface area contributed by atoms with Crippen LogP contribution in [-0.2, 0) is 6.42 Å². The molecule has 19 heavy (non-hydrogen) atoms. The van der Waals surface area contributed by atoms with Gasteiger partial charge in [0.1, 0.15) is 5.82 Å². The average molecular weight is 265 g/mol. The van der Waals surface area contributed by atoms with Crippen molar-refractivity contribution in [2.75, 3.05) is 38.2 Å². The van der Waals surface area contributed by atoms with E-state index >= 15 is 0 Å². The summed E-state index contributed by atoms with van der Waals surface area (Å²) in [7, 11) is 4.18. The van der Waals surface area contributed by atoms with Crippen molar-refractivity contribution in [1.82, 2.24) is 14.9 Å². The van der Waals surface area contributed by atoms with Crippen molar-refractivity contribution in [2.24, 2.45) is 0 Å². The average Bonchev–Trinajstić information content (AvgIpc) is 2.32. The van der Waals surface area contributed by atoms with E-state index in [1.807, 2.05) is 6.92 Å². The lowest BCUT2D eigenvalue weighted by Crippen LogP contribution is -2.15. The molecular weight excluding hydrogens is 238 g/mol. The van der Waals surface area contributed by atoms with Crippen molar-refractivity contribution < 1.29 is 0 Å². The van der Waals surface area contributed by atoms with Gasteiger partial charge in [-0.15, -0.1) is 0 Å². The highest BCUT2D eigenvalue weighted by Crippen LogP contribution is 2.19. The lowest BCUT2D eigenvalue weighted by Gasteiger charge is -2.15. The molecule has 1 aromatic rings. The molecular formula is C14H27N5. The minimum Gasteiger partial charge on any atom is -0.370 e. The number of hydrogen-bond acceptors (Lipinski definition) is 5. The molecule has 0 saturated carbocycles. The van der Waals surface area contributed by atoms with Gasteiger partial charge in [-0.25, -0.2) is 4.98 Å². The Balaban J connectivity index is 2.74. The third-order valence-electron chi connectivity index (χ3n) is 3.09. The van der Waals surface area contributed by atoms with E-state index in [0.29, 0.717) is 5.95 Å². The Hall–Kier alpha value is -1.36. The highest BCUT2D eigenvalue weighted by atomic mass is 15.1. The summed E-state index contributed by atoms with van der Waals surface area (Å²) in [6.45, 7) is 6.19. The molecule has 0 aliphatic heterocycles. The van der Waals surface area contributed by atoms with Gasteiger partial charge in [-0.2, -0.15) is 4.98 Å². The summed E-state index contributed by atoms with van der Waals surface area (Å²) in [4.78, 5) is 10.8. The number of hydrogen-bond donors (Lipinski definition) is 2. The minimum atomic E-state index is 0.354. The molecule has 1 aromatic heterocycles. The topological polar surface area (TPSA) is 67.1 Å². The van der Waals surface area contributed by atoms with Crippen LogP contribution in [0.25, 0.3) is 0 Å². The first kappa shape index (κ1) is 15.7. The van der Waals surface area contributed by atoms with Crippen LogP contribution in [0.5, 0.6) is 0 Å². The summed E-state index contributed by atoms with van der Waals surface area (Å²) < 4.78 is 0. The Morgan fingerprint density at radius 3 is 2.58 bits per heavy atom. The van der Waals surface area contributed by atoms with Gasteiger partial charge in [0, 0.05) is 17.8 Å². The number of aryl methyl sites for hydroxylation is 1. The zero-order valence-electron chi connectivity index (χ0n) is 12.7. The summed E-state index contributed by atoms with van der Waals surface area (Å²) in [5.74, 6) is 1.27. The fraction of sp³-hybridized carbons (Fsp3) is 0.714. The van der Waals surface area contributed by atoms with Crippen molar-refractivity contribution in [2.45, 2.75) is 39.5 Å². The largest absolute Gasteiger partial charge is 0.370 e. The van der Waals surface area contributed by atoms with Crippen LogP contribution in [0.4, 0.5) is 11.8 Å². The third kappa shape index (κ3) is 5.42. The van der Waals surface area contributed by atoms with E-state index in [9.17, 15) is 0 Å². The molecule has 0 radical (unpaired) electrons. The molecule has 5 nitrogen and oxygen atoms in total. The summed E-state index contributed by atoms with van der Waals surface area (Å²) in [5, 5.41) is 3.39. The SMILES string of the molecule is CCCCNc1nc(N)nc(C)c1CCCN(C)C. The van der Waals surface area contributed by atoms with Crippen molar-refractivity contribution in [3.63, 3.8) is 0 Å². The Morgan fingerprint density at radius 2 is 1.95 bits per heavy atom. The Morgan fingerprint density at radius 1 is 1.21 bits per heavy atom. The van der Waals surface area contributed by atoms with E-state index in [-0.39, 0.29) is 0 Å². The summed E-state index contributed by atoms with van der Waals surface area (Å²) in [6.07, 6.45) is 4.39. The van der Waals surface area contributed by atoms with Crippen molar-refractivity contribution >= 4 is 11.8 Å². The second-order valence-electron chi connectivity index (χ2n) is 5.18. The van der Waals surface area contributed by atoms with Gasteiger partial charge in [0.2, 0.25) is 5.95 Å². The first-order valence-corrected chi connectivity index (χ1v) is 7.06. The predicted octanol–water partition coefficient (Wildman–Crippen LogP) is 2.07. The van der Waals surface area contributed by atoms with E-state index < -0.39 is 0 Å². The van der Waals surface area contributed by atoms with Crippen LogP contribution in [-0.4, -0.2) is 42.1 Å². The van der Waals surface area contributed by atoms with Crippen LogP contribution < -0.4 is 11.1 Å². The molecule has 5 heteroatoms. The first-order chi connectivity index (χ1) is 9.04. The molecule has 0 amide bonds. The van der Waals surface area contributed by atoms with Crippen molar-refractivity contribution in [3.05, 3.63) is 11.3 Å². The zero-order chi connectivity index (χ0) is 14.3. The molecule has 1 heterocycles. The molecule has 0 saturated heterocycles. The number of nitrogen functional groups attached to an aromatic ring is 1. The normalized spacial score (nSPS) is 11.0. The summed E-state index contributed by atoms with van der Waals surface area (Å²) >= 11 is 0. The van der Waals surface area contributed by atoms with Gasteiger partial charge < -0.3 is 16.0 Å². The van der Waals surface area contributed by atoms with E-state index in [1.54, 1.807) is 0 Å². The van der Waals surface area contributed by atoms with Crippen LogP contribution in [0.2, 0.25) is 0 Å². The molecule has 3 N–H and O–H groups in total. The van der Waals surface area contributed by atoms with Crippen LogP contribution in [0, 0.1) is 6.92 Å². The first-order valence-electron chi connectivity index (χ1n) is 7.06. The summed E-state index contributed by atoms with van der Waals surface area (Å²) in [5.41, 5.74) is 7.93. The molecule has 0 spiro atoms. The lowest BCUT2D eigenvalue weighted by molar-refractivity contribution is 0.400. The summed E-state index contributed by atoms with van der Waals surface area (Å²) in [6, 6.07) is 0. The number of unbranched alkanes of at least 4 members (excludes halogenated alkanes) is 1. The standard InChI is InChI=1S/C14H27N5/c1-5-6-9-16-13-12(8-7-10-19(3)4)11(2)17-14(15)18-13/h5-10H2,1-4H3,(H3,15,16,17,18). The molecule has 0 aliphatic carbocycles. The number of nitrogens with two attached hydrogens (primary N) is 1. The fourth-order valence-corrected chi connectivity index (χ4v) is 2.02. The molecule has 0 unspecified atom stereocenters. The quantitative estimate of drug-likeness (QED) is 0.704. The highest BCUT2D eigenvalue weighted by Gasteiger charge is 2.10. The minimum absolute atomic E-state index is 0.354. The van der Waals surface area contributed by atoms with Gasteiger partial charge in [-0.1, -0.05) is 13.3 Å². The highest BCUT2D eigenvalue weighted by molar-refractivity contribution is 5.49. The van der Waals surface area contributed by atoms with Gasteiger partial charge in [0.15, 0.2) is 0 Å². The van der Waals surface area contributed by atoms with E-state index in [0.717, 1.165) is 43.9 Å². The maximum absolute atomic E-state index is 5.74. The number of anilines is 2. The number of nitrogens with zero attached hydrogens (tertiary/aromatic N) is 3. The smallest absolute Gasteiger partial charge is 0.222 e. The van der Waals surface area contributed by atoms with Crippen LogP contribution in [0.15, 0.2) is 0 Å². The van der Waals surface area contributed by atoms with Crippen molar-refractivity contribution in [1.29, 1.82) is 0 Å². The Kier molecular flexibility index (Phi) is 6.56. The zero-order valence-corrected chi connectivity index (χ0v) is 12.7. The van der Waals surface area contributed by atoms with E-state index in [2.05, 4.69) is 41.2 Å². The van der Waals surface area contributed by atoms with Gasteiger partial charge >= 0.3 is 0 Å². The van der Waals surface area contributed by atoms with Crippen molar-refractivity contribution in [3.8, 4) is 0 Å². The fourth-order valence-electron chi connectivity index (χ4n) is 2.02. The molecule has 0 fully saturated rings. The molecule has 0 bridgehead atoms. The maximum atomic E-state index is 5.74. The predicted molar refractivity (Wildman–Crippen MR) is 81.5 cm³/mol. The Bertz CT molecular complexity index is 390. The van der Waals surface area contributed by atoms with E-state index in [4.69, 9.17) is 5.73 Å². The molecule has 0 aromatic carbocycles. The molecule has 1 rings (SSSR count). The lowest BCUT2D eigenvalue weighted by atomic mass is 10.1. The van der Waals surface area contributed by atoms with E-state index in [1.165, 1.54) is 12.0 Å². The van der Waals surface area contributed by atoms with Crippen LogP contribution in [0.1, 0.15) is 37.4 Å². The second kappa shape index (κ2) is 7.94. The molecule has 0 aliphatic rings. The molecule has 108 valence electrons. The number of nitrogens with one attached hydrogen (secondary N) is 1. The monoisotopic (exact) mass is 265 g/mol. The Labute approximate surface area is 116 Å². The third-order valence-corrected chi connectivity index (χ3v) is 3.09. The van der Waals surface area contributed by atoms with Crippen LogP contribution in [0.3, 0.4) is 0 Å². The van der Waals surface area contributed by atoms with Crippen LogP contribution >= 0.6 is 0 Å². The molecule has 0 atom stereocenters. The van der Waals surface area contributed by atoms with Gasteiger partial charge in [-0.05, 0) is 46.8 Å². The second-order valence-corrected chi connectivity index (χ2v) is 5.18. The van der Waals surface area contributed by atoms with Gasteiger partial charge in [-0.3, -0.25) is 0 Å². The van der Waals surface area contributed by atoms with Gasteiger partial charge in [0.25, 0.3) is 0 Å². The number of rotatable bonds is 8. The number of aromatic nitrogens is 2. The maximum Gasteiger partial charge on any atom is 0.222 e. The van der Waals surface area contributed by atoms with Gasteiger partial charge in [0.05, 0.1) is 0 Å².